The summed E-state index contributed by atoms with van der Waals surface area (Å²) in [7, 11) is 1.74. The Bertz CT molecular complexity index is 733. The maximum absolute atomic E-state index is 12.7. The summed E-state index contributed by atoms with van der Waals surface area (Å²) in [6.45, 7) is 2.28. The molecule has 2 aliphatic rings. The molecule has 1 aliphatic carbocycles. The van der Waals surface area contributed by atoms with E-state index >= 15 is 0 Å². The quantitative estimate of drug-likeness (QED) is 0.568. The van der Waals surface area contributed by atoms with E-state index in [-0.39, 0.29) is 18.4 Å². The Morgan fingerprint density at radius 3 is 2.78 bits per heavy atom. The van der Waals surface area contributed by atoms with Gasteiger partial charge in [0.05, 0.1) is 6.42 Å². The van der Waals surface area contributed by atoms with Crippen molar-refractivity contribution in [2.24, 2.45) is 0 Å². The molecule has 1 saturated carbocycles. The van der Waals surface area contributed by atoms with Crippen molar-refractivity contribution in [3.8, 4) is 11.8 Å². The molecule has 8 heteroatoms. The first-order valence-electron chi connectivity index (χ1n) is 9.57. The second-order valence-electron chi connectivity index (χ2n) is 6.99. The molecule has 1 unspecified atom stereocenters. The molecule has 0 N–H and O–H groups in total. The number of nitrogens with zero attached hydrogens (tertiary/aromatic N) is 4. The lowest BCUT2D eigenvalue weighted by Crippen LogP contribution is -2.54. The van der Waals surface area contributed by atoms with Crippen LogP contribution >= 0.6 is 11.3 Å². The third-order valence-electron chi connectivity index (χ3n) is 5.02. The van der Waals surface area contributed by atoms with Gasteiger partial charge in [0.2, 0.25) is 5.13 Å². The second kappa shape index (κ2) is 9.18. The van der Waals surface area contributed by atoms with Crippen LogP contribution < -0.4 is 4.90 Å². The predicted molar refractivity (Wildman–Crippen MR) is 103 cm³/mol. The largest absolute Gasteiger partial charge is 0.441 e. The zero-order chi connectivity index (χ0) is 19.2. The minimum Gasteiger partial charge on any atom is -0.441 e. The van der Waals surface area contributed by atoms with E-state index in [4.69, 9.17) is 4.74 Å². The lowest BCUT2D eigenvalue weighted by Gasteiger charge is -2.37. The van der Waals surface area contributed by atoms with Crippen molar-refractivity contribution in [2.45, 2.75) is 70.4 Å². The molecule has 1 aromatic heterocycles. The number of ether oxygens (including phenoxy) is 1. The van der Waals surface area contributed by atoms with Gasteiger partial charge in [-0.05, 0) is 19.8 Å². The number of rotatable bonds is 5. The summed E-state index contributed by atoms with van der Waals surface area (Å²) in [5.41, 5.74) is 0. The number of hydrogen-bond donors (Lipinski definition) is 0. The highest BCUT2D eigenvalue weighted by Crippen LogP contribution is 2.37. The molecule has 3 rings (SSSR count). The molecule has 27 heavy (non-hydrogen) atoms. The molecule has 1 saturated heterocycles. The molecule has 2 amide bonds. The van der Waals surface area contributed by atoms with Gasteiger partial charge in [-0.2, -0.15) is 0 Å². The monoisotopic (exact) mass is 390 g/mol. The molecular formula is C19H26N4O3S. The summed E-state index contributed by atoms with van der Waals surface area (Å²) in [5, 5.41) is 10.1. The van der Waals surface area contributed by atoms with Crippen molar-refractivity contribution in [3.05, 3.63) is 5.01 Å². The van der Waals surface area contributed by atoms with Gasteiger partial charge >= 0.3 is 12.0 Å². The fourth-order valence-corrected chi connectivity index (χ4v) is 4.54. The lowest BCUT2D eigenvalue weighted by molar-refractivity contribution is -0.149. The van der Waals surface area contributed by atoms with Crippen LogP contribution in [0.1, 0.15) is 69.2 Å². The minimum absolute atomic E-state index is 0.209. The zero-order valence-corrected chi connectivity index (χ0v) is 16.8. The number of carbonyl (C=O) groups excluding carboxylic acids is 2. The van der Waals surface area contributed by atoms with Crippen molar-refractivity contribution in [1.82, 2.24) is 15.1 Å². The maximum atomic E-state index is 12.7. The minimum atomic E-state index is -0.636. The van der Waals surface area contributed by atoms with Gasteiger partial charge in [-0.3, -0.25) is 4.79 Å². The normalized spacial score (nSPS) is 21.0. The standard InChI is InChI=1S/C19H26N4O3S/c1-3-4-6-11-16(24)26-15-12-13-22(2)19(25)23(15)18-21-20-17(27-18)14-9-7-5-8-10-14/h14-15H,5-13H2,1-2H3. The molecular weight excluding hydrogens is 364 g/mol. The van der Waals surface area contributed by atoms with Gasteiger partial charge in [-0.1, -0.05) is 30.6 Å². The summed E-state index contributed by atoms with van der Waals surface area (Å²) in [4.78, 5) is 28.0. The highest BCUT2D eigenvalue weighted by Gasteiger charge is 2.37. The predicted octanol–water partition coefficient (Wildman–Crippen LogP) is 3.52. The molecule has 0 bridgehead atoms. The summed E-state index contributed by atoms with van der Waals surface area (Å²) in [6.07, 6.45) is 6.54. The number of aromatic nitrogens is 2. The van der Waals surface area contributed by atoms with E-state index in [1.165, 1.54) is 35.5 Å². The van der Waals surface area contributed by atoms with Gasteiger partial charge < -0.3 is 9.64 Å². The Morgan fingerprint density at radius 2 is 2.04 bits per heavy atom. The molecule has 1 aromatic rings. The Balaban J connectivity index is 1.73. The van der Waals surface area contributed by atoms with Crippen LogP contribution in [0.4, 0.5) is 9.93 Å². The van der Waals surface area contributed by atoms with E-state index < -0.39 is 6.23 Å². The van der Waals surface area contributed by atoms with Crippen LogP contribution in [0, 0.1) is 11.8 Å². The van der Waals surface area contributed by atoms with Crippen molar-refractivity contribution in [3.63, 3.8) is 0 Å². The molecule has 0 radical (unpaired) electrons. The topological polar surface area (TPSA) is 75.6 Å². The van der Waals surface area contributed by atoms with Crippen LogP contribution in [0.5, 0.6) is 0 Å². The molecule has 0 aromatic carbocycles. The SMILES string of the molecule is CC#CCCC(=O)OC1CCN(C)C(=O)N1c1nnc(C2CCCCC2)s1. The van der Waals surface area contributed by atoms with E-state index in [0.717, 1.165) is 17.8 Å². The number of carbonyl (C=O) groups is 2. The molecule has 7 nitrogen and oxygen atoms in total. The number of esters is 1. The number of anilines is 1. The number of urea groups is 1. The van der Waals surface area contributed by atoms with Crippen molar-refractivity contribution in [2.75, 3.05) is 18.5 Å². The zero-order valence-electron chi connectivity index (χ0n) is 15.9. The molecule has 146 valence electrons. The highest BCUT2D eigenvalue weighted by atomic mass is 32.1. The van der Waals surface area contributed by atoms with E-state index in [0.29, 0.717) is 30.4 Å². The first-order chi connectivity index (χ1) is 13.1. The summed E-state index contributed by atoms with van der Waals surface area (Å²) in [5.74, 6) is 5.70. The Morgan fingerprint density at radius 1 is 1.26 bits per heavy atom. The van der Waals surface area contributed by atoms with Gasteiger partial charge in [0, 0.05) is 32.4 Å². The fraction of sp³-hybridized carbons (Fsp3) is 0.684. The lowest BCUT2D eigenvalue weighted by atomic mass is 9.90. The number of amides is 2. The van der Waals surface area contributed by atoms with Gasteiger partial charge in [0.15, 0.2) is 6.23 Å². The van der Waals surface area contributed by atoms with E-state index in [1.54, 1.807) is 18.9 Å². The molecule has 1 aliphatic heterocycles. The summed E-state index contributed by atoms with van der Waals surface area (Å²) < 4.78 is 5.59. The van der Waals surface area contributed by atoms with Gasteiger partial charge in [0.1, 0.15) is 5.01 Å². The van der Waals surface area contributed by atoms with Crippen LogP contribution in [-0.2, 0) is 9.53 Å². The Labute approximate surface area is 164 Å². The van der Waals surface area contributed by atoms with E-state index in [9.17, 15) is 9.59 Å². The average molecular weight is 391 g/mol. The highest BCUT2D eigenvalue weighted by molar-refractivity contribution is 7.15. The van der Waals surface area contributed by atoms with Crippen molar-refractivity contribution in [1.29, 1.82) is 0 Å². The summed E-state index contributed by atoms with van der Waals surface area (Å²) >= 11 is 1.45. The van der Waals surface area contributed by atoms with Crippen LogP contribution in [0.15, 0.2) is 0 Å². The van der Waals surface area contributed by atoms with Crippen molar-refractivity contribution < 1.29 is 14.3 Å². The van der Waals surface area contributed by atoms with Crippen LogP contribution in [0.2, 0.25) is 0 Å². The Kier molecular flexibility index (Phi) is 6.67. The third kappa shape index (κ3) is 4.78. The molecule has 0 spiro atoms. The first-order valence-corrected chi connectivity index (χ1v) is 10.4. The average Bonchev–Trinajstić information content (AvgIpc) is 3.15. The van der Waals surface area contributed by atoms with Crippen LogP contribution in [0.3, 0.4) is 0 Å². The van der Waals surface area contributed by atoms with E-state index in [1.807, 2.05) is 0 Å². The molecule has 2 heterocycles. The maximum Gasteiger partial charge on any atom is 0.329 e. The van der Waals surface area contributed by atoms with Gasteiger partial charge in [-0.15, -0.1) is 22.0 Å². The van der Waals surface area contributed by atoms with Crippen molar-refractivity contribution >= 4 is 28.5 Å². The number of hydrogen-bond acceptors (Lipinski definition) is 6. The van der Waals surface area contributed by atoms with E-state index in [2.05, 4.69) is 22.0 Å². The Hall–Kier alpha value is -2.14. The smallest absolute Gasteiger partial charge is 0.329 e. The van der Waals surface area contributed by atoms with Gasteiger partial charge in [-0.25, -0.2) is 9.69 Å². The van der Waals surface area contributed by atoms with Crippen LogP contribution in [-0.4, -0.2) is 46.9 Å². The second-order valence-corrected chi connectivity index (χ2v) is 7.98. The summed E-state index contributed by atoms with van der Waals surface area (Å²) in [6, 6.07) is -0.209. The first kappa shape index (κ1) is 19.6. The molecule has 2 fully saturated rings. The van der Waals surface area contributed by atoms with Crippen LogP contribution in [0.25, 0.3) is 0 Å². The fourth-order valence-electron chi connectivity index (χ4n) is 3.49. The molecule has 1 atom stereocenters. The van der Waals surface area contributed by atoms with Gasteiger partial charge in [0.25, 0.3) is 0 Å². The third-order valence-corrected chi connectivity index (χ3v) is 6.11.